The maximum Gasteiger partial charge on any atom is 0.231 e. The number of carbonyl (C=O) groups excluding carboxylic acids is 1. The van der Waals surface area contributed by atoms with Crippen molar-refractivity contribution in [1.29, 1.82) is 0 Å². The number of halogens is 1. The minimum atomic E-state index is -0.473. The first kappa shape index (κ1) is 19.6. The van der Waals surface area contributed by atoms with E-state index in [1.165, 1.54) is 22.7 Å². The van der Waals surface area contributed by atoms with Gasteiger partial charge >= 0.3 is 0 Å². The molecule has 2 aromatic heterocycles. The zero-order valence-corrected chi connectivity index (χ0v) is 17.7. The molecule has 1 amide bonds. The molecule has 2 N–H and O–H groups in total. The second kappa shape index (κ2) is 7.84. The van der Waals surface area contributed by atoms with Gasteiger partial charge in [-0.05, 0) is 18.2 Å². The molecular formula is C18H19ClN4O2S2. The van der Waals surface area contributed by atoms with Crippen molar-refractivity contribution in [2.24, 2.45) is 5.41 Å². The van der Waals surface area contributed by atoms with E-state index in [9.17, 15) is 4.79 Å². The fraction of sp³-hybridized carbons (Fsp3) is 0.278. The van der Waals surface area contributed by atoms with Crippen LogP contribution in [0, 0.1) is 5.41 Å². The summed E-state index contributed by atoms with van der Waals surface area (Å²) in [6.45, 7) is 5.58. The van der Waals surface area contributed by atoms with Gasteiger partial charge in [0.05, 0.1) is 23.4 Å². The molecule has 0 radical (unpaired) electrons. The fourth-order valence-electron chi connectivity index (χ4n) is 2.07. The van der Waals surface area contributed by atoms with Gasteiger partial charge in [-0.15, -0.1) is 11.3 Å². The molecule has 9 heteroatoms. The molecule has 3 aromatic rings. The molecule has 0 unspecified atom stereocenters. The van der Waals surface area contributed by atoms with Crippen LogP contribution in [-0.2, 0) is 4.79 Å². The Hall–Kier alpha value is -2.16. The molecule has 2 heterocycles. The first-order valence-corrected chi connectivity index (χ1v) is 10.2. The van der Waals surface area contributed by atoms with Crippen molar-refractivity contribution in [2.45, 2.75) is 20.8 Å². The standard InChI is InChI=1S/C18H19ClN4O2S2/c1-18(2,3)15(24)23-16-20-8-14(27-16)12-9-26-17(22-12)21-11-7-10(19)5-6-13(11)25-4/h5-9H,1-4H3,(H,21,22)(H,20,23,24). The van der Waals surface area contributed by atoms with E-state index in [0.29, 0.717) is 21.0 Å². The number of anilines is 3. The van der Waals surface area contributed by atoms with Gasteiger partial charge in [0, 0.05) is 22.0 Å². The third-order valence-corrected chi connectivity index (χ3v) is 5.50. The van der Waals surface area contributed by atoms with E-state index in [2.05, 4.69) is 20.6 Å². The van der Waals surface area contributed by atoms with Gasteiger partial charge < -0.3 is 15.4 Å². The van der Waals surface area contributed by atoms with Gasteiger partial charge in [-0.25, -0.2) is 9.97 Å². The predicted molar refractivity (Wildman–Crippen MR) is 113 cm³/mol. The number of nitrogens with zero attached hydrogens (tertiary/aromatic N) is 2. The lowest BCUT2D eigenvalue weighted by Crippen LogP contribution is -2.27. The Morgan fingerprint density at radius 2 is 2.04 bits per heavy atom. The highest BCUT2D eigenvalue weighted by molar-refractivity contribution is 7.19. The van der Waals surface area contributed by atoms with Crippen LogP contribution in [0.3, 0.4) is 0 Å². The number of carbonyl (C=O) groups is 1. The maximum absolute atomic E-state index is 12.1. The largest absolute Gasteiger partial charge is 0.495 e. The van der Waals surface area contributed by atoms with Gasteiger partial charge in [0.1, 0.15) is 5.75 Å². The number of benzene rings is 1. The summed E-state index contributed by atoms with van der Waals surface area (Å²) >= 11 is 8.91. The summed E-state index contributed by atoms with van der Waals surface area (Å²) in [5.74, 6) is 0.609. The molecule has 0 bridgehead atoms. The van der Waals surface area contributed by atoms with Crippen molar-refractivity contribution in [3.8, 4) is 16.3 Å². The smallest absolute Gasteiger partial charge is 0.231 e. The highest BCUT2D eigenvalue weighted by Crippen LogP contribution is 2.35. The van der Waals surface area contributed by atoms with E-state index in [-0.39, 0.29) is 5.91 Å². The lowest BCUT2D eigenvalue weighted by molar-refractivity contribution is -0.123. The van der Waals surface area contributed by atoms with Gasteiger partial charge in [-0.2, -0.15) is 0 Å². The van der Waals surface area contributed by atoms with Crippen LogP contribution in [0.15, 0.2) is 29.8 Å². The summed E-state index contributed by atoms with van der Waals surface area (Å²) in [5, 5.41) is 9.87. The highest BCUT2D eigenvalue weighted by atomic mass is 35.5. The lowest BCUT2D eigenvalue weighted by Gasteiger charge is -2.15. The summed E-state index contributed by atoms with van der Waals surface area (Å²) in [6, 6.07) is 5.35. The van der Waals surface area contributed by atoms with Crippen LogP contribution in [0.4, 0.5) is 16.0 Å². The molecule has 0 saturated carbocycles. The number of thiazole rings is 2. The van der Waals surface area contributed by atoms with Gasteiger partial charge in [0.2, 0.25) is 5.91 Å². The predicted octanol–water partition coefficient (Wildman–Crippen LogP) is 5.66. The summed E-state index contributed by atoms with van der Waals surface area (Å²) in [5.41, 5.74) is 1.06. The fourth-order valence-corrected chi connectivity index (χ4v) is 3.81. The molecule has 0 saturated heterocycles. The average molecular weight is 423 g/mol. The van der Waals surface area contributed by atoms with E-state index in [4.69, 9.17) is 16.3 Å². The van der Waals surface area contributed by atoms with Crippen LogP contribution in [0.1, 0.15) is 20.8 Å². The number of aromatic nitrogens is 2. The second-order valence-corrected chi connectivity index (χ2v) is 9.07. The number of ether oxygens (including phenoxy) is 1. The van der Waals surface area contributed by atoms with Crippen LogP contribution < -0.4 is 15.4 Å². The van der Waals surface area contributed by atoms with E-state index in [1.54, 1.807) is 31.5 Å². The minimum Gasteiger partial charge on any atom is -0.495 e. The van der Waals surface area contributed by atoms with Crippen LogP contribution in [0.25, 0.3) is 10.6 Å². The van der Waals surface area contributed by atoms with Crippen molar-refractivity contribution < 1.29 is 9.53 Å². The summed E-state index contributed by atoms with van der Waals surface area (Å²) in [4.78, 5) is 21.8. The number of amides is 1. The molecule has 0 fully saturated rings. The van der Waals surface area contributed by atoms with Crippen molar-refractivity contribution in [3.05, 3.63) is 34.8 Å². The molecule has 3 rings (SSSR count). The topological polar surface area (TPSA) is 76.1 Å². The number of hydrogen-bond acceptors (Lipinski definition) is 7. The number of nitrogens with one attached hydrogen (secondary N) is 2. The van der Waals surface area contributed by atoms with Crippen LogP contribution in [0.2, 0.25) is 5.02 Å². The third-order valence-electron chi connectivity index (χ3n) is 3.57. The maximum atomic E-state index is 12.1. The Morgan fingerprint density at radius 3 is 2.74 bits per heavy atom. The van der Waals surface area contributed by atoms with Crippen molar-refractivity contribution in [1.82, 2.24) is 9.97 Å². The number of hydrogen-bond donors (Lipinski definition) is 2. The SMILES string of the molecule is COc1ccc(Cl)cc1Nc1nc(-c2cnc(NC(=O)C(C)(C)C)s2)cs1. The van der Waals surface area contributed by atoms with Gasteiger partial charge in [-0.3, -0.25) is 4.79 Å². The minimum absolute atomic E-state index is 0.0721. The number of rotatable bonds is 5. The molecule has 1 aromatic carbocycles. The first-order valence-electron chi connectivity index (χ1n) is 8.10. The lowest BCUT2D eigenvalue weighted by atomic mass is 9.96. The third kappa shape index (κ3) is 4.77. The Morgan fingerprint density at radius 1 is 1.26 bits per heavy atom. The van der Waals surface area contributed by atoms with Gasteiger partial charge in [0.15, 0.2) is 10.3 Å². The molecule has 0 aliphatic carbocycles. The quantitative estimate of drug-likeness (QED) is 0.555. The highest BCUT2D eigenvalue weighted by Gasteiger charge is 2.22. The first-order chi connectivity index (χ1) is 12.8. The van der Waals surface area contributed by atoms with Crippen LogP contribution >= 0.6 is 34.3 Å². The van der Waals surface area contributed by atoms with Crippen molar-refractivity contribution in [2.75, 3.05) is 17.7 Å². The van der Waals surface area contributed by atoms with Crippen molar-refractivity contribution >= 4 is 56.1 Å². The van der Waals surface area contributed by atoms with Crippen LogP contribution in [-0.4, -0.2) is 23.0 Å². The molecular weight excluding hydrogens is 404 g/mol. The Balaban J connectivity index is 1.75. The molecule has 0 aliphatic heterocycles. The summed E-state index contributed by atoms with van der Waals surface area (Å²) in [7, 11) is 1.60. The molecule has 6 nitrogen and oxygen atoms in total. The Bertz CT molecular complexity index is 962. The number of methoxy groups -OCH3 is 1. The van der Waals surface area contributed by atoms with Crippen molar-refractivity contribution in [3.63, 3.8) is 0 Å². The summed E-state index contributed by atoms with van der Waals surface area (Å²) in [6.07, 6.45) is 1.71. The van der Waals surface area contributed by atoms with E-state index in [0.717, 1.165) is 16.3 Å². The van der Waals surface area contributed by atoms with Crippen LogP contribution in [0.5, 0.6) is 5.75 Å². The average Bonchev–Trinajstić information content (AvgIpc) is 3.23. The van der Waals surface area contributed by atoms with E-state index in [1.807, 2.05) is 26.2 Å². The zero-order valence-electron chi connectivity index (χ0n) is 15.3. The summed E-state index contributed by atoms with van der Waals surface area (Å²) < 4.78 is 5.34. The molecule has 0 spiro atoms. The van der Waals surface area contributed by atoms with E-state index < -0.39 is 5.41 Å². The zero-order chi connectivity index (χ0) is 19.6. The molecule has 0 aliphatic rings. The van der Waals surface area contributed by atoms with Gasteiger partial charge in [0.25, 0.3) is 0 Å². The van der Waals surface area contributed by atoms with E-state index >= 15 is 0 Å². The molecule has 0 atom stereocenters. The van der Waals surface area contributed by atoms with Gasteiger partial charge in [-0.1, -0.05) is 43.7 Å². The molecule has 142 valence electrons. The Labute approximate surface area is 170 Å². The normalized spacial score (nSPS) is 11.3. The monoisotopic (exact) mass is 422 g/mol. The second-order valence-electron chi connectivity index (χ2n) is 6.74. The Kier molecular flexibility index (Phi) is 5.69. The molecule has 27 heavy (non-hydrogen) atoms.